The molecule has 0 atom stereocenters. The van der Waals surface area contributed by atoms with Crippen LogP contribution in [0.2, 0.25) is 0 Å². The minimum atomic E-state index is -0.293. The van der Waals surface area contributed by atoms with E-state index in [0.717, 1.165) is 10.9 Å². The molecule has 0 spiro atoms. The zero-order valence-electron chi connectivity index (χ0n) is 7.80. The fourth-order valence-electron chi connectivity index (χ4n) is 1.18. The van der Waals surface area contributed by atoms with Crippen molar-refractivity contribution in [3.63, 3.8) is 0 Å². The van der Waals surface area contributed by atoms with Gasteiger partial charge in [0.1, 0.15) is 5.52 Å². The SMILES string of the molecule is CCC(=O)On1ncc2ccccc21. The maximum atomic E-state index is 11.0. The summed E-state index contributed by atoms with van der Waals surface area (Å²) in [5, 5.41) is 4.91. The fourth-order valence-corrected chi connectivity index (χ4v) is 1.18. The van der Waals surface area contributed by atoms with Crippen molar-refractivity contribution >= 4 is 16.9 Å². The van der Waals surface area contributed by atoms with Crippen molar-refractivity contribution in [2.75, 3.05) is 0 Å². The summed E-state index contributed by atoms with van der Waals surface area (Å²) in [4.78, 5) is 17.3. The maximum Gasteiger partial charge on any atom is 0.334 e. The molecule has 2 aromatic rings. The Bertz CT molecular complexity index is 462. The molecule has 0 saturated heterocycles. The number of para-hydroxylation sites is 1. The van der Waals surface area contributed by atoms with Crippen LogP contribution in [0.3, 0.4) is 0 Å². The van der Waals surface area contributed by atoms with E-state index in [-0.39, 0.29) is 5.97 Å². The van der Waals surface area contributed by atoms with Crippen LogP contribution in [0.1, 0.15) is 13.3 Å². The zero-order valence-corrected chi connectivity index (χ0v) is 7.80. The van der Waals surface area contributed by atoms with E-state index in [0.29, 0.717) is 6.42 Å². The molecule has 1 aromatic heterocycles. The Hall–Kier alpha value is -1.84. The minimum Gasteiger partial charge on any atom is -0.319 e. The first-order chi connectivity index (χ1) is 6.81. The van der Waals surface area contributed by atoms with Gasteiger partial charge in [0.05, 0.1) is 6.20 Å². The van der Waals surface area contributed by atoms with Gasteiger partial charge in [-0.2, -0.15) is 0 Å². The molecule has 0 amide bonds. The van der Waals surface area contributed by atoms with Crippen LogP contribution in [0.5, 0.6) is 0 Å². The van der Waals surface area contributed by atoms with Crippen LogP contribution in [0.4, 0.5) is 0 Å². The average molecular weight is 190 g/mol. The second-order valence-corrected chi connectivity index (χ2v) is 2.89. The third-order valence-corrected chi connectivity index (χ3v) is 1.92. The standard InChI is InChI=1S/C10H10N2O2/c1-2-10(13)14-12-9-6-4-3-5-8(9)7-11-12/h3-7H,2H2,1H3. The lowest BCUT2D eigenvalue weighted by Gasteiger charge is -2.01. The molecular formula is C10H10N2O2. The van der Waals surface area contributed by atoms with E-state index in [1.54, 1.807) is 13.1 Å². The number of rotatable bonds is 2. The summed E-state index contributed by atoms with van der Waals surface area (Å²) in [5.41, 5.74) is 0.800. The van der Waals surface area contributed by atoms with Crippen LogP contribution in [-0.4, -0.2) is 15.9 Å². The number of carbonyl (C=O) groups is 1. The molecular weight excluding hydrogens is 180 g/mol. The van der Waals surface area contributed by atoms with Gasteiger partial charge in [0.25, 0.3) is 0 Å². The van der Waals surface area contributed by atoms with E-state index >= 15 is 0 Å². The van der Waals surface area contributed by atoms with Crippen molar-refractivity contribution in [2.24, 2.45) is 0 Å². The van der Waals surface area contributed by atoms with E-state index in [1.165, 1.54) is 4.85 Å². The molecule has 0 bridgehead atoms. The van der Waals surface area contributed by atoms with Gasteiger partial charge in [0, 0.05) is 11.8 Å². The highest BCUT2D eigenvalue weighted by atomic mass is 16.7. The molecule has 14 heavy (non-hydrogen) atoms. The molecule has 4 nitrogen and oxygen atoms in total. The fraction of sp³-hybridized carbons (Fsp3) is 0.200. The van der Waals surface area contributed by atoms with Gasteiger partial charge in [-0.1, -0.05) is 30.0 Å². The van der Waals surface area contributed by atoms with E-state index in [9.17, 15) is 4.79 Å². The second-order valence-electron chi connectivity index (χ2n) is 2.89. The second kappa shape index (κ2) is 3.49. The van der Waals surface area contributed by atoms with Gasteiger partial charge in [0.15, 0.2) is 0 Å². The highest BCUT2D eigenvalue weighted by Crippen LogP contribution is 2.11. The van der Waals surface area contributed by atoms with Gasteiger partial charge >= 0.3 is 5.97 Å². The molecule has 72 valence electrons. The highest BCUT2D eigenvalue weighted by molar-refractivity contribution is 5.79. The first kappa shape index (κ1) is 8.74. The van der Waals surface area contributed by atoms with Gasteiger partial charge in [-0.15, -0.1) is 5.10 Å². The molecule has 0 saturated carbocycles. The Morgan fingerprint density at radius 2 is 2.29 bits per heavy atom. The first-order valence-corrected chi connectivity index (χ1v) is 4.45. The predicted molar refractivity (Wildman–Crippen MR) is 51.6 cm³/mol. The van der Waals surface area contributed by atoms with E-state index in [2.05, 4.69) is 5.10 Å². The maximum absolute atomic E-state index is 11.0. The number of fused-ring (bicyclic) bond motifs is 1. The summed E-state index contributed by atoms with van der Waals surface area (Å²) in [6.45, 7) is 1.74. The van der Waals surface area contributed by atoms with Crippen molar-refractivity contribution in [3.8, 4) is 0 Å². The molecule has 1 aromatic carbocycles. The number of benzene rings is 1. The molecule has 0 aliphatic rings. The normalized spacial score (nSPS) is 10.4. The summed E-state index contributed by atoms with van der Waals surface area (Å²) in [6, 6.07) is 7.56. The topological polar surface area (TPSA) is 44.1 Å². The van der Waals surface area contributed by atoms with Crippen molar-refractivity contribution in [3.05, 3.63) is 30.5 Å². The van der Waals surface area contributed by atoms with Crippen LogP contribution >= 0.6 is 0 Å². The van der Waals surface area contributed by atoms with Crippen molar-refractivity contribution < 1.29 is 9.63 Å². The van der Waals surface area contributed by atoms with E-state index in [1.807, 2.05) is 24.3 Å². The molecule has 0 radical (unpaired) electrons. The summed E-state index contributed by atoms with van der Waals surface area (Å²) in [5.74, 6) is -0.293. The summed E-state index contributed by atoms with van der Waals surface area (Å²) in [7, 11) is 0. The summed E-state index contributed by atoms with van der Waals surface area (Å²) >= 11 is 0. The van der Waals surface area contributed by atoms with E-state index in [4.69, 9.17) is 4.84 Å². The number of carbonyl (C=O) groups excluding carboxylic acids is 1. The molecule has 0 unspecified atom stereocenters. The molecule has 0 aliphatic carbocycles. The molecule has 0 aliphatic heterocycles. The highest BCUT2D eigenvalue weighted by Gasteiger charge is 2.05. The van der Waals surface area contributed by atoms with E-state index < -0.39 is 0 Å². The predicted octanol–water partition coefficient (Wildman–Crippen LogP) is 1.40. The molecule has 2 rings (SSSR count). The molecule has 0 N–H and O–H groups in total. The Labute approximate surface area is 81.0 Å². The molecule has 1 heterocycles. The Morgan fingerprint density at radius 3 is 3.07 bits per heavy atom. The van der Waals surface area contributed by atoms with Gasteiger partial charge in [-0.25, -0.2) is 4.79 Å². The smallest absolute Gasteiger partial charge is 0.319 e. The Morgan fingerprint density at radius 1 is 1.50 bits per heavy atom. The van der Waals surface area contributed by atoms with Crippen LogP contribution in [-0.2, 0) is 4.79 Å². The number of hydrogen-bond acceptors (Lipinski definition) is 3. The Kier molecular flexibility index (Phi) is 2.18. The van der Waals surface area contributed by atoms with Gasteiger partial charge in [0.2, 0.25) is 0 Å². The number of hydrogen-bond donors (Lipinski definition) is 0. The lowest BCUT2D eigenvalue weighted by atomic mass is 10.3. The minimum absolute atomic E-state index is 0.293. The van der Waals surface area contributed by atoms with Crippen molar-refractivity contribution in [1.82, 2.24) is 9.94 Å². The monoisotopic (exact) mass is 190 g/mol. The van der Waals surface area contributed by atoms with Crippen molar-refractivity contribution in [2.45, 2.75) is 13.3 Å². The zero-order chi connectivity index (χ0) is 9.97. The summed E-state index contributed by atoms with van der Waals surface area (Å²) < 4.78 is 0. The van der Waals surface area contributed by atoms with Gasteiger partial charge in [-0.3, -0.25) is 0 Å². The van der Waals surface area contributed by atoms with Crippen LogP contribution in [0, 0.1) is 0 Å². The summed E-state index contributed by atoms with van der Waals surface area (Å²) in [6.07, 6.45) is 2.01. The number of nitrogens with zero attached hydrogens (tertiary/aromatic N) is 2. The number of aromatic nitrogens is 2. The van der Waals surface area contributed by atoms with Crippen LogP contribution < -0.4 is 4.84 Å². The third-order valence-electron chi connectivity index (χ3n) is 1.92. The average Bonchev–Trinajstić information content (AvgIpc) is 2.62. The van der Waals surface area contributed by atoms with Gasteiger partial charge in [-0.05, 0) is 6.07 Å². The molecule has 4 heteroatoms. The largest absolute Gasteiger partial charge is 0.334 e. The van der Waals surface area contributed by atoms with Crippen LogP contribution in [0.15, 0.2) is 30.5 Å². The lowest BCUT2D eigenvalue weighted by Crippen LogP contribution is -2.19. The Balaban J connectivity index is 2.38. The van der Waals surface area contributed by atoms with Crippen molar-refractivity contribution in [1.29, 1.82) is 0 Å². The quantitative estimate of drug-likeness (QED) is 0.719. The lowest BCUT2D eigenvalue weighted by molar-refractivity contribution is -0.144. The van der Waals surface area contributed by atoms with Crippen LogP contribution in [0.25, 0.3) is 10.9 Å². The first-order valence-electron chi connectivity index (χ1n) is 4.45. The van der Waals surface area contributed by atoms with Gasteiger partial charge < -0.3 is 4.84 Å². The third kappa shape index (κ3) is 1.46. The molecule has 0 fully saturated rings.